The number of methoxy groups -OCH3 is 1. The van der Waals surface area contributed by atoms with Gasteiger partial charge in [0.1, 0.15) is 12.5 Å². The molecule has 2 atom stereocenters. The molecular formula is C25H27N3O4. The molecular weight excluding hydrogens is 406 g/mol. The van der Waals surface area contributed by atoms with Crippen molar-refractivity contribution in [3.05, 3.63) is 76.8 Å². The van der Waals surface area contributed by atoms with Crippen molar-refractivity contribution >= 4 is 17.7 Å². The molecule has 3 heterocycles. The first kappa shape index (κ1) is 21.9. The highest BCUT2D eigenvalue weighted by Gasteiger charge is 2.42. The van der Waals surface area contributed by atoms with Crippen LogP contribution in [0.4, 0.5) is 0 Å². The standard InChI is InChI=1S/C25H27N3O4/c1-16-21(24(29)31-3)23(18-9-6-10-26-13-18)22(17(2)27-16)25(30)32-12-11-28-14-19-7-4-5-8-20(19)15-28/h4-10,13,21,23H,11-12,14-15H2,1-3H3. The molecule has 1 aromatic heterocycles. The molecule has 0 amide bonds. The average molecular weight is 434 g/mol. The van der Waals surface area contributed by atoms with Crippen molar-refractivity contribution in [1.29, 1.82) is 0 Å². The summed E-state index contributed by atoms with van der Waals surface area (Å²) in [4.78, 5) is 36.8. The second-order valence-electron chi connectivity index (χ2n) is 8.13. The smallest absolute Gasteiger partial charge is 0.336 e. The zero-order valence-corrected chi connectivity index (χ0v) is 18.6. The number of allylic oxidation sites excluding steroid dienone is 1. The normalized spacial score (nSPS) is 20.5. The van der Waals surface area contributed by atoms with E-state index in [2.05, 4.69) is 27.0 Å². The van der Waals surface area contributed by atoms with Gasteiger partial charge in [-0.2, -0.15) is 0 Å². The van der Waals surface area contributed by atoms with E-state index >= 15 is 0 Å². The number of rotatable bonds is 6. The van der Waals surface area contributed by atoms with Crippen molar-refractivity contribution in [2.45, 2.75) is 32.9 Å². The highest BCUT2D eigenvalue weighted by Crippen LogP contribution is 2.39. The van der Waals surface area contributed by atoms with Gasteiger partial charge in [0, 0.05) is 49.4 Å². The fraction of sp³-hybridized carbons (Fsp3) is 0.360. The molecule has 1 aromatic carbocycles. The number of benzene rings is 1. The van der Waals surface area contributed by atoms with Crippen LogP contribution in [0.15, 0.2) is 65.1 Å². The van der Waals surface area contributed by atoms with E-state index in [9.17, 15) is 9.59 Å². The molecule has 2 unspecified atom stereocenters. The lowest BCUT2D eigenvalue weighted by Crippen LogP contribution is -2.36. The van der Waals surface area contributed by atoms with Gasteiger partial charge in [-0.3, -0.25) is 19.7 Å². The molecule has 0 fully saturated rings. The lowest BCUT2D eigenvalue weighted by molar-refractivity contribution is -0.144. The Labute approximate surface area is 187 Å². The molecule has 0 spiro atoms. The molecule has 0 N–H and O–H groups in total. The summed E-state index contributed by atoms with van der Waals surface area (Å²) < 4.78 is 10.7. The van der Waals surface area contributed by atoms with Crippen LogP contribution in [0.3, 0.4) is 0 Å². The van der Waals surface area contributed by atoms with Gasteiger partial charge in [-0.15, -0.1) is 0 Å². The summed E-state index contributed by atoms with van der Waals surface area (Å²) >= 11 is 0. The summed E-state index contributed by atoms with van der Waals surface area (Å²) in [7, 11) is 1.34. The Balaban J connectivity index is 1.51. The first-order chi connectivity index (χ1) is 15.5. The van der Waals surface area contributed by atoms with Gasteiger partial charge in [0.25, 0.3) is 0 Å². The number of esters is 2. The van der Waals surface area contributed by atoms with E-state index < -0.39 is 23.8 Å². The molecule has 2 aliphatic heterocycles. The first-order valence-electron chi connectivity index (χ1n) is 10.7. The molecule has 2 aromatic rings. The third-order valence-corrected chi connectivity index (χ3v) is 6.09. The minimum Gasteiger partial charge on any atom is -0.468 e. The lowest BCUT2D eigenvalue weighted by Gasteiger charge is -2.31. The van der Waals surface area contributed by atoms with Crippen LogP contribution in [-0.2, 0) is 32.2 Å². The maximum absolute atomic E-state index is 13.2. The van der Waals surface area contributed by atoms with Crippen LogP contribution < -0.4 is 0 Å². The summed E-state index contributed by atoms with van der Waals surface area (Å²) in [6.45, 7) is 6.14. The Morgan fingerprint density at radius 1 is 1.09 bits per heavy atom. The molecule has 0 saturated carbocycles. The van der Waals surface area contributed by atoms with Gasteiger partial charge in [0.05, 0.1) is 12.7 Å². The van der Waals surface area contributed by atoms with Crippen molar-refractivity contribution in [2.24, 2.45) is 10.9 Å². The number of ether oxygens (including phenoxy) is 2. The Bertz CT molecular complexity index is 1050. The molecule has 4 rings (SSSR count). The fourth-order valence-corrected chi connectivity index (χ4v) is 4.56. The van der Waals surface area contributed by atoms with E-state index in [1.54, 1.807) is 32.3 Å². The van der Waals surface area contributed by atoms with Crippen LogP contribution in [0, 0.1) is 5.92 Å². The van der Waals surface area contributed by atoms with Gasteiger partial charge in [0.2, 0.25) is 0 Å². The predicted molar refractivity (Wildman–Crippen MR) is 120 cm³/mol. The third-order valence-electron chi connectivity index (χ3n) is 6.09. The van der Waals surface area contributed by atoms with E-state index in [1.807, 2.05) is 18.2 Å². The monoisotopic (exact) mass is 433 g/mol. The molecule has 7 heteroatoms. The summed E-state index contributed by atoms with van der Waals surface area (Å²) in [5.74, 6) is -2.16. The van der Waals surface area contributed by atoms with Crippen LogP contribution in [0.25, 0.3) is 0 Å². The number of aliphatic imine (C=N–C) groups is 1. The Hall–Kier alpha value is -3.32. The average Bonchev–Trinajstić information content (AvgIpc) is 3.21. The zero-order valence-electron chi connectivity index (χ0n) is 18.6. The van der Waals surface area contributed by atoms with E-state index in [-0.39, 0.29) is 6.61 Å². The van der Waals surface area contributed by atoms with Gasteiger partial charge in [0.15, 0.2) is 0 Å². The number of pyridine rings is 1. The Morgan fingerprint density at radius 3 is 2.44 bits per heavy atom. The fourth-order valence-electron chi connectivity index (χ4n) is 4.56. The minimum atomic E-state index is -0.705. The topological polar surface area (TPSA) is 81.1 Å². The highest BCUT2D eigenvalue weighted by atomic mass is 16.5. The van der Waals surface area contributed by atoms with Crippen molar-refractivity contribution < 1.29 is 19.1 Å². The van der Waals surface area contributed by atoms with Crippen LogP contribution in [-0.4, -0.2) is 47.8 Å². The van der Waals surface area contributed by atoms with Crippen LogP contribution in [0.2, 0.25) is 0 Å². The van der Waals surface area contributed by atoms with Gasteiger partial charge in [-0.1, -0.05) is 30.3 Å². The quantitative estimate of drug-likeness (QED) is 0.651. The zero-order chi connectivity index (χ0) is 22.7. The molecule has 0 aliphatic carbocycles. The van der Waals surface area contributed by atoms with Gasteiger partial charge in [-0.25, -0.2) is 4.79 Å². The molecule has 0 bridgehead atoms. The van der Waals surface area contributed by atoms with Crippen molar-refractivity contribution in [2.75, 3.05) is 20.3 Å². The summed E-state index contributed by atoms with van der Waals surface area (Å²) in [6.07, 6.45) is 3.32. The minimum absolute atomic E-state index is 0.259. The third kappa shape index (κ3) is 4.34. The van der Waals surface area contributed by atoms with Crippen LogP contribution >= 0.6 is 0 Å². The number of carbonyl (C=O) groups is 2. The molecule has 166 valence electrons. The maximum Gasteiger partial charge on any atom is 0.336 e. The number of hydrogen-bond acceptors (Lipinski definition) is 7. The summed E-state index contributed by atoms with van der Waals surface area (Å²) in [5.41, 5.74) is 4.91. The lowest BCUT2D eigenvalue weighted by atomic mass is 9.76. The SMILES string of the molecule is COC(=O)C1C(C)=NC(C)=C(C(=O)OCCN2Cc3ccccc3C2)C1c1cccnc1. The van der Waals surface area contributed by atoms with Crippen LogP contribution in [0.1, 0.15) is 36.5 Å². The van der Waals surface area contributed by atoms with Crippen LogP contribution in [0.5, 0.6) is 0 Å². The predicted octanol–water partition coefficient (Wildman–Crippen LogP) is 3.26. The van der Waals surface area contributed by atoms with Crippen molar-refractivity contribution in [1.82, 2.24) is 9.88 Å². The number of nitrogens with zero attached hydrogens (tertiary/aromatic N) is 3. The second kappa shape index (κ2) is 9.44. The van der Waals surface area contributed by atoms with Gasteiger partial charge < -0.3 is 9.47 Å². The maximum atomic E-state index is 13.2. The molecule has 32 heavy (non-hydrogen) atoms. The first-order valence-corrected chi connectivity index (χ1v) is 10.7. The molecule has 2 aliphatic rings. The van der Waals surface area contributed by atoms with E-state index in [0.29, 0.717) is 23.5 Å². The molecule has 7 nitrogen and oxygen atoms in total. The van der Waals surface area contributed by atoms with E-state index in [1.165, 1.54) is 18.2 Å². The largest absolute Gasteiger partial charge is 0.468 e. The molecule has 0 saturated heterocycles. The number of carbonyl (C=O) groups excluding carboxylic acids is 2. The van der Waals surface area contributed by atoms with E-state index in [0.717, 1.165) is 18.7 Å². The number of hydrogen-bond donors (Lipinski definition) is 0. The number of fused-ring (bicyclic) bond motifs is 1. The summed E-state index contributed by atoms with van der Waals surface area (Å²) in [5, 5.41) is 0. The molecule has 0 radical (unpaired) electrons. The van der Waals surface area contributed by atoms with Gasteiger partial charge in [-0.05, 0) is 36.6 Å². The van der Waals surface area contributed by atoms with Crippen molar-refractivity contribution in [3.8, 4) is 0 Å². The Kier molecular flexibility index (Phi) is 6.46. The number of aromatic nitrogens is 1. The van der Waals surface area contributed by atoms with E-state index in [4.69, 9.17) is 9.47 Å². The highest BCUT2D eigenvalue weighted by molar-refractivity contribution is 6.06. The second-order valence-corrected chi connectivity index (χ2v) is 8.13. The summed E-state index contributed by atoms with van der Waals surface area (Å²) in [6, 6.07) is 12.0. The van der Waals surface area contributed by atoms with Crippen molar-refractivity contribution in [3.63, 3.8) is 0 Å². The Morgan fingerprint density at radius 2 is 1.81 bits per heavy atom. The van der Waals surface area contributed by atoms with Gasteiger partial charge >= 0.3 is 11.9 Å².